The third-order valence-electron chi connectivity index (χ3n) is 2.24. The van der Waals surface area contributed by atoms with Crippen LogP contribution in [0.2, 0.25) is 0 Å². The van der Waals surface area contributed by atoms with Crippen LogP contribution >= 0.6 is 0 Å². The molecule has 7 nitrogen and oxygen atoms in total. The first-order valence-corrected chi connectivity index (χ1v) is 5.38. The molecule has 0 aliphatic heterocycles. The third kappa shape index (κ3) is 3.27. The van der Waals surface area contributed by atoms with E-state index in [1.807, 2.05) is 6.92 Å². The highest BCUT2D eigenvalue weighted by molar-refractivity contribution is 5.86. The predicted octanol–water partition coefficient (Wildman–Crippen LogP) is 0.881. The van der Waals surface area contributed by atoms with Crippen LogP contribution in [0.5, 0.6) is 0 Å². The van der Waals surface area contributed by atoms with Crippen molar-refractivity contribution in [3.05, 3.63) is 11.9 Å². The van der Waals surface area contributed by atoms with Crippen molar-refractivity contribution in [3.63, 3.8) is 0 Å². The molecular formula is C10H15N3O4. The minimum atomic E-state index is -1.18. The first kappa shape index (κ1) is 13.1. The number of carboxylic acid groups (broad SMARTS) is 1. The van der Waals surface area contributed by atoms with Crippen LogP contribution in [-0.4, -0.2) is 38.6 Å². The summed E-state index contributed by atoms with van der Waals surface area (Å²) in [6, 6.07) is -0.791. The molecule has 0 aliphatic carbocycles. The number of rotatable bonds is 6. The molecule has 17 heavy (non-hydrogen) atoms. The van der Waals surface area contributed by atoms with Crippen molar-refractivity contribution in [3.8, 4) is 0 Å². The number of ether oxygens (including phenoxy) is 1. The summed E-state index contributed by atoms with van der Waals surface area (Å²) < 4.78 is 6.02. The number of hydrogen-bond donors (Lipinski definition) is 1. The molecule has 1 heterocycles. The van der Waals surface area contributed by atoms with Gasteiger partial charge >= 0.3 is 11.9 Å². The summed E-state index contributed by atoms with van der Waals surface area (Å²) in [6.45, 7) is 3.84. The summed E-state index contributed by atoms with van der Waals surface area (Å²) in [7, 11) is 0. The number of hydrogen-bond acceptors (Lipinski definition) is 5. The van der Waals surface area contributed by atoms with Gasteiger partial charge in [0.05, 0.1) is 12.8 Å². The van der Waals surface area contributed by atoms with Crippen molar-refractivity contribution in [2.24, 2.45) is 0 Å². The van der Waals surface area contributed by atoms with E-state index < -0.39 is 18.0 Å². The number of unbranched alkanes of at least 4 members (excludes halogenated alkanes) is 1. The lowest BCUT2D eigenvalue weighted by molar-refractivity contribution is -0.147. The topological polar surface area (TPSA) is 94.3 Å². The first-order valence-electron chi connectivity index (χ1n) is 5.38. The predicted molar refractivity (Wildman–Crippen MR) is 57.6 cm³/mol. The minimum Gasteiger partial charge on any atom is -0.476 e. The van der Waals surface area contributed by atoms with Crippen LogP contribution in [0.1, 0.15) is 43.2 Å². The van der Waals surface area contributed by atoms with Crippen LogP contribution in [-0.2, 0) is 9.53 Å². The molecule has 1 aromatic rings. The van der Waals surface area contributed by atoms with E-state index in [1.165, 1.54) is 6.92 Å². The highest BCUT2D eigenvalue weighted by Gasteiger charge is 2.23. The zero-order chi connectivity index (χ0) is 12.8. The highest BCUT2D eigenvalue weighted by atomic mass is 16.5. The molecule has 0 radical (unpaired) electrons. The summed E-state index contributed by atoms with van der Waals surface area (Å²) in [6.07, 6.45) is 2.80. The highest BCUT2D eigenvalue weighted by Crippen LogP contribution is 2.10. The maximum atomic E-state index is 11.6. The maximum Gasteiger partial charge on any atom is 0.355 e. The molecule has 0 aliphatic rings. The van der Waals surface area contributed by atoms with Crippen LogP contribution in [0.25, 0.3) is 0 Å². The Morgan fingerprint density at radius 1 is 1.59 bits per heavy atom. The molecule has 0 aromatic carbocycles. The Balaban J connectivity index is 2.68. The average molecular weight is 241 g/mol. The van der Waals surface area contributed by atoms with Gasteiger partial charge in [-0.15, -0.1) is 5.10 Å². The standard InChI is InChI=1S/C10H15N3O4/c1-3-4-5-17-10(16)7(2)13-8(9(14)15)6-11-12-13/h6-7H,3-5H2,1-2H3,(H,14,15). The quantitative estimate of drug-likeness (QED) is 0.587. The molecular weight excluding hydrogens is 226 g/mol. The van der Waals surface area contributed by atoms with Gasteiger partial charge in [0.25, 0.3) is 0 Å². The largest absolute Gasteiger partial charge is 0.476 e. The number of carbonyl (C=O) groups excluding carboxylic acids is 1. The van der Waals surface area contributed by atoms with E-state index in [1.54, 1.807) is 0 Å². The van der Waals surface area contributed by atoms with Gasteiger partial charge in [-0.05, 0) is 13.3 Å². The van der Waals surface area contributed by atoms with E-state index in [9.17, 15) is 9.59 Å². The van der Waals surface area contributed by atoms with Crippen molar-refractivity contribution in [2.45, 2.75) is 32.7 Å². The Labute approximate surface area is 98.4 Å². The molecule has 0 saturated carbocycles. The molecule has 1 N–H and O–H groups in total. The van der Waals surface area contributed by atoms with E-state index >= 15 is 0 Å². The van der Waals surface area contributed by atoms with Crippen LogP contribution in [0.3, 0.4) is 0 Å². The molecule has 0 fully saturated rings. The fourth-order valence-corrected chi connectivity index (χ4v) is 1.22. The molecule has 0 spiro atoms. The molecule has 0 amide bonds. The molecule has 0 saturated heterocycles. The van der Waals surface area contributed by atoms with Crippen molar-refractivity contribution < 1.29 is 19.4 Å². The van der Waals surface area contributed by atoms with Crippen LogP contribution in [0, 0.1) is 0 Å². The smallest absolute Gasteiger partial charge is 0.355 e. The van der Waals surface area contributed by atoms with Gasteiger partial charge in [-0.3, -0.25) is 0 Å². The Morgan fingerprint density at radius 3 is 2.88 bits per heavy atom. The van der Waals surface area contributed by atoms with E-state index in [2.05, 4.69) is 10.3 Å². The van der Waals surface area contributed by atoms with Crippen molar-refractivity contribution in [1.82, 2.24) is 15.0 Å². The van der Waals surface area contributed by atoms with Crippen LogP contribution < -0.4 is 0 Å². The minimum absolute atomic E-state index is 0.134. The van der Waals surface area contributed by atoms with Gasteiger partial charge in [0, 0.05) is 0 Å². The molecule has 0 bridgehead atoms. The average Bonchev–Trinajstić information content (AvgIpc) is 2.77. The maximum absolute atomic E-state index is 11.6. The van der Waals surface area contributed by atoms with Crippen LogP contribution in [0.15, 0.2) is 6.20 Å². The third-order valence-corrected chi connectivity index (χ3v) is 2.24. The van der Waals surface area contributed by atoms with E-state index in [-0.39, 0.29) is 5.69 Å². The molecule has 1 unspecified atom stereocenters. The van der Waals surface area contributed by atoms with Gasteiger partial charge in [0.2, 0.25) is 0 Å². The van der Waals surface area contributed by atoms with Gasteiger partial charge in [-0.25, -0.2) is 14.3 Å². The summed E-state index contributed by atoms with van der Waals surface area (Å²) in [5, 5.41) is 15.9. The Kier molecular flexibility index (Phi) is 4.62. The monoisotopic (exact) mass is 241 g/mol. The summed E-state index contributed by atoms with van der Waals surface area (Å²) in [4.78, 5) is 22.4. The van der Waals surface area contributed by atoms with Gasteiger partial charge in [0.1, 0.15) is 6.04 Å². The second-order valence-corrected chi connectivity index (χ2v) is 3.57. The number of aromatic nitrogens is 3. The SMILES string of the molecule is CCCCOC(=O)C(C)n1nncc1C(=O)O. The number of aromatic carboxylic acids is 1. The second kappa shape index (κ2) is 5.97. The lowest BCUT2D eigenvalue weighted by atomic mass is 10.3. The number of esters is 1. The summed E-state index contributed by atoms with van der Waals surface area (Å²) >= 11 is 0. The van der Waals surface area contributed by atoms with Crippen LogP contribution in [0.4, 0.5) is 0 Å². The van der Waals surface area contributed by atoms with Gasteiger partial charge < -0.3 is 9.84 Å². The number of carbonyl (C=O) groups is 2. The lowest BCUT2D eigenvalue weighted by Gasteiger charge is -2.12. The number of carboxylic acids is 1. The normalized spacial score (nSPS) is 12.1. The fraction of sp³-hybridized carbons (Fsp3) is 0.600. The zero-order valence-corrected chi connectivity index (χ0v) is 9.79. The molecule has 1 atom stereocenters. The van der Waals surface area contributed by atoms with Gasteiger partial charge in [-0.2, -0.15) is 0 Å². The first-order chi connectivity index (χ1) is 8.07. The van der Waals surface area contributed by atoms with E-state index in [0.29, 0.717) is 6.61 Å². The van der Waals surface area contributed by atoms with Crippen molar-refractivity contribution in [1.29, 1.82) is 0 Å². The van der Waals surface area contributed by atoms with Crippen molar-refractivity contribution >= 4 is 11.9 Å². The van der Waals surface area contributed by atoms with Crippen molar-refractivity contribution in [2.75, 3.05) is 6.61 Å². The Bertz CT molecular complexity index is 402. The lowest BCUT2D eigenvalue weighted by Crippen LogP contribution is -2.23. The molecule has 1 aromatic heterocycles. The fourth-order valence-electron chi connectivity index (χ4n) is 1.22. The van der Waals surface area contributed by atoms with E-state index in [0.717, 1.165) is 23.7 Å². The molecule has 94 valence electrons. The summed E-state index contributed by atoms with van der Waals surface area (Å²) in [5.74, 6) is -1.69. The Morgan fingerprint density at radius 2 is 2.29 bits per heavy atom. The Hall–Kier alpha value is -1.92. The summed E-state index contributed by atoms with van der Waals surface area (Å²) in [5.41, 5.74) is -0.134. The zero-order valence-electron chi connectivity index (χ0n) is 9.79. The van der Waals surface area contributed by atoms with Gasteiger partial charge in [0.15, 0.2) is 5.69 Å². The van der Waals surface area contributed by atoms with E-state index in [4.69, 9.17) is 9.84 Å². The molecule has 7 heteroatoms. The van der Waals surface area contributed by atoms with Gasteiger partial charge in [-0.1, -0.05) is 18.6 Å². The number of nitrogens with zero attached hydrogens (tertiary/aromatic N) is 3. The molecule has 1 rings (SSSR count). The second-order valence-electron chi connectivity index (χ2n) is 3.57.